The normalized spacial score (nSPS) is 52.5. The second kappa shape index (κ2) is 7.23. The van der Waals surface area contributed by atoms with Gasteiger partial charge in [0.25, 0.3) is 0 Å². The number of fused-ring (bicyclic) bond motifs is 7. The smallest absolute Gasteiger partial charge is 0.311 e. The number of carbonyl (C=O) groups is 1. The van der Waals surface area contributed by atoms with Crippen LogP contribution in [-0.2, 0) is 9.53 Å². The molecule has 2 heteroatoms. The largest absolute Gasteiger partial charge is 0.469 e. The Balaban J connectivity index is 1.57. The second-order valence-electron chi connectivity index (χ2n) is 14.6. The van der Waals surface area contributed by atoms with E-state index in [1.165, 1.54) is 32.1 Å². The first-order chi connectivity index (χ1) is 15.3. The van der Waals surface area contributed by atoms with Crippen LogP contribution in [0.5, 0.6) is 0 Å². The Bertz CT molecular complexity index is 897. The molecule has 33 heavy (non-hydrogen) atoms. The van der Waals surface area contributed by atoms with Crippen LogP contribution in [0, 0.1) is 56.7 Å². The molecule has 0 N–H and O–H groups in total. The maximum Gasteiger partial charge on any atom is 0.311 e. The first kappa shape index (κ1) is 23.7. The summed E-state index contributed by atoms with van der Waals surface area (Å²) >= 11 is 0. The third kappa shape index (κ3) is 3.14. The van der Waals surface area contributed by atoms with E-state index in [2.05, 4.69) is 66.7 Å². The summed E-state index contributed by atoms with van der Waals surface area (Å²) < 4.78 is 5.30. The molecule has 5 aliphatic rings. The van der Waals surface area contributed by atoms with E-state index >= 15 is 0 Å². The minimum Gasteiger partial charge on any atom is -0.469 e. The van der Waals surface area contributed by atoms with E-state index in [-0.39, 0.29) is 16.8 Å². The molecule has 9 atom stereocenters. The van der Waals surface area contributed by atoms with Gasteiger partial charge in [-0.25, -0.2) is 0 Å². The van der Waals surface area contributed by atoms with Crippen LogP contribution in [0.1, 0.15) is 99.8 Å². The molecule has 184 valence electrons. The van der Waals surface area contributed by atoms with Crippen LogP contribution in [-0.4, -0.2) is 13.1 Å². The summed E-state index contributed by atoms with van der Waals surface area (Å²) in [6.45, 7) is 17.4. The monoisotopic (exact) mass is 452 g/mol. The zero-order valence-electron chi connectivity index (χ0n) is 22.6. The third-order valence-electron chi connectivity index (χ3n) is 12.3. The summed E-state index contributed by atoms with van der Waals surface area (Å²) in [5.74, 6) is 3.44. The molecule has 0 radical (unpaired) electrons. The summed E-state index contributed by atoms with van der Waals surface area (Å²) in [5, 5.41) is 0. The van der Waals surface area contributed by atoms with E-state index < -0.39 is 0 Å². The first-order valence-corrected chi connectivity index (χ1v) is 13.8. The molecule has 0 amide bonds. The summed E-state index contributed by atoms with van der Waals surface area (Å²) in [5.41, 5.74) is 2.71. The van der Waals surface area contributed by atoms with Gasteiger partial charge in [0.1, 0.15) is 0 Å². The highest BCUT2D eigenvalue weighted by Gasteiger charge is 2.63. The molecule has 3 fully saturated rings. The highest BCUT2D eigenvalue weighted by molar-refractivity contribution is 5.76. The molecule has 0 aromatic heterocycles. The van der Waals surface area contributed by atoms with Crippen molar-refractivity contribution in [1.82, 2.24) is 0 Å². The minimum atomic E-state index is -0.333. The van der Waals surface area contributed by atoms with Gasteiger partial charge < -0.3 is 4.74 Å². The van der Waals surface area contributed by atoms with Crippen molar-refractivity contribution in [2.75, 3.05) is 7.11 Å². The molecule has 2 nitrogen and oxygen atoms in total. The fraction of sp³-hybridized carbons (Fsp3) is 0.839. The summed E-state index contributed by atoms with van der Waals surface area (Å²) in [6.07, 6.45) is 17.5. The quantitative estimate of drug-likeness (QED) is 0.298. The van der Waals surface area contributed by atoms with Gasteiger partial charge in [0, 0.05) is 0 Å². The molecular formula is C31H48O2. The lowest BCUT2D eigenvalue weighted by Crippen LogP contribution is -2.59. The van der Waals surface area contributed by atoms with Gasteiger partial charge in [-0.05, 0) is 110 Å². The zero-order valence-corrected chi connectivity index (χ0v) is 22.6. The molecule has 0 spiro atoms. The number of carbonyl (C=O) groups excluding carboxylic acids is 1. The Labute approximate surface area is 203 Å². The molecule has 5 rings (SSSR count). The van der Waals surface area contributed by atoms with E-state index in [9.17, 15) is 4.79 Å². The third-order valence-corrected chi connectivity index (χ3v) is 12.3. The van der Waals surface area contributed by atoms with Crippen LogP contribution in [0.4, 0.5) is 0 Å². The maximum absolute atomic E-state index is 12.8. The van der Waals surface area contributed by atoms with Crippen molar-refractivity contribution in [3.8, 4) is 0 Å². The molecule has 3 saturated carbocycles. The van der Waals surface area contributed by atoms with Gasteiger partial charge in [-0.1, -0.05) is 65.3 Å². The van der Waals surface area contributed by atoms with E-state index in [0.29, 0.717) is 28.1 Å². The molecule has 5 aliphatic carbocycles. The van der Waals surface area contributed by atoms with Crippen LogP contribution in [0.15, 0.2) is 23.8 Å². The van der Waals surface area contributed by atoms with Crippen molar-refractivity contribution in [3.63, 3.8) is 0 Å². The average molecular weight is 453 g/mol. The summed E-state index contributed by atoms with van der Waals surface area (Å²) in [4.78, 5) is 12.8. The van der Waals surface area contributed by atoms with Gasteiger partial charge in [-0.2, -0.15) is 0 Å². The predicted octanol–water partition coefficient (Wildman–Crippen LogP) is 7.98. The van der Waals surface area contributed by atoms with E-state index in [1.807, 2.05) is 0 Å². The average Bonchev–Trinajstić information content (AvgIpc) is 2.75. The molecule has 0 aromatic carbocycles. The Morgan fingerprint density at radius 1 is 1.00 bits per heavy atom. The number of hydrogen-bond acceptors (Lipinski definition) is 2. The van der Waals surface area contributed by atoms with Gasteiger partial charge in [0.05, 0.1) is 12.5 Å². The molecule has 0 saturated heterocycles. The van der Waals surface area contributed by atoms with Crippen LogP contribution < -0.4 is 0 Å². The van der Waals surface area contributed by atoms with Crippen molar-refractivity contribution in [1.29, 1.82) is 0 Å². The zero-order chi connectivity index (χ0) is 24.0. The Kier molecular flexibility index (Phi) is 5.19. The summed E-state index contributed by atoms with van der Waals surface area (Å²) in [6, 6.07) is 0. The number of hydrogen-bond donors (Lipinski definition) is 0. The minimum absolute atomic E-state index is 0.00315. The molecular weight excluding hydrogens is 404 g/mol. The maximum atomic E-state index is 12.8. The van der Waals surface area contributed by atoms with Crippen LogP contribution in [0.2, 0.25) is 0 Å². The lowest BCUT2D eigenvalue weighted by atomic mass is 9.37. The van der Waals surface area contributed by atoms with E-state index in [1.54, 1.807) is 12.7 Å². The lowest BCUT2D eigenvalue weighted by molar-refractivity contribution is -0.160. The first-order valence-electron chi connectivity index (χ1n) is 13.8. The van der Waals surface area contributed by atoms with Crippen molar-refractivity contribution >= 4 is 5.97 Å². The van der Waals surface area contributed by atoms with Crippen molar-refractivity contribution in [2.45, 2.75) is 99.8 Å². The molecule has 0 bridgehead atoms. The fourth-order valence-corrected chi connectivity index (χ4v) is 10.4. The van der Waals surface area contributed by atoms with E-state index in [4.69, 9.17) is 4.74 Å². The number of rotatable bonds is 1. The Morgan fingerprint density at radius 3 is 2.39 bits per heavy atom. The standard InChI is InChI=1S/C31H48O2/c1-20-18-22-23-19-29(5,26(32)33-8)15-14-28(23,4)16-17-30(22,6)21-10-11-24-27(2,3)12-9-13-31(24,7)25(20)21/h9,12,18,20-21,23-25H,10-11,13-17,19H2,1-8H3/t20?,21?,23?,24?,25?,28?,29-,30-,31-/m0/s1. The number of esters is 1. The second-order valence-corrected chi connectivity index (χ2v) is 14.6. The topological polar surface area (TPSA) is 26.3 Å². The van der Waals surface area contributed by atoms with E-state index in [0.717, 1.165) is 37.0 Å². The van der Waals surface area contributed by atoms with Crippen molar-refractivity contribution < 1.29 is 9.53 Å². The summed E-state index contributed by atoms with van der Waals surface area (Å²) in [7, 11) is 1.57. The van der Waals surface area contributed by atoms with Gasteiger partial charge in [-0.3, -0.25) is 4.79 Å². The number of ether oxygens (including phenoxy) is 1. The molecule has 6 unspecified atom stereocenters. The molecule has 0 aliphatic heterocycles. The van der Waals surface area contributed by atoms with Crippen LogP contribution in [0.25, 0.3) is 0 Å². The predicted molar refractivity (Wildman–Crippen MR) is 136 cm³/mol. The van der Waals surface area contributed by atoms with Gasteiger partial charge in [0.15, 0.2) is 0 Å². The Hall–Kier alpha value is -1.05. The van der Waals surface area contributed by atoms with Crippen molar-refractivity contribution in [2.24, 2.45) is 56.7 Å². The highest BCUT2D eigenvalue weighted by atomic mass is 16.5. The van der Waals surface area contributed by atoms with Gasteiger partial charge >= 0.3 is 5.97 Å². The fourth-order valence-electron chi connectivity index (χ4n) is 10.4. The molecule has 0 aromatic rings. The number of allylic oxidation sites excluding steroid dienone is 4. The SMILES string of the molecule is COC(=O)[C@@]1(C)CCC2(C)CC[C@]3(C)C(=CC(C)C4C3CCC3C(C)(C)C=CC[C@]43C)C2C1. The number of methoxy groups -OCH3 is 1. The Morgan fingerprint density at radius 2 is 1.70 bits per heavy atom. The van der Waals surface area contributed by atoms with Gasteiger partial charge in [0.2, 0.25) is 0 Å². The molecule has 0 heterocycles. The van der Waals surface area contributed by atoms with Crippen LogP contribution >= 0.6 is 0 Å². The van der Waals surface area contributed by atoms with Crippen LogP contribution in [0.3, 0.4) is 0 Å². The van der Waals surface area contributed by atoms with Gasteiger partial charge in [-0.15, -0.1) is 0 Å². The highest BCUT2D eigenvalue weighted by Crippen LogP contribution is 2.71. The lowest BCUT2D eigenvalue weighted by Gasteiger charge is -2.67. The van der Waals surface area contributed by atoms with Crippen molar-refractivity contribution in [3.05, 3.63) is 23.8 Å².